The minimum atomic E-state index is 0.0215. The molecule has 2 unspecified atom stereocenters. The number of aromatic nitrogens is 1. The van der Waals surface area contributed by atoms with Gasteiger partial charge in [0.1, 0.15) is 5.76 Å². The van der Waals surface area contributed by atoms with E-state index in [0.717, 1.165) is 24.7 Å². The van der Waals surface area contributed by atoms with E-state index in [1.54, 1.807) is 0 Å². The third kappa shape index (κ3) is 3.37. The molecule has 2 rings (SSSR count). The Morgan fingerprint density at radius 3 is 2.79 bits per heavy atom. The average molecular weight is 265 g/mol. The third-order valence-corrected chi connectivity index (χ3v) is 4.10. The third-order valence-electron chi connectivity index (χ3n) is 4.10. The standard InChI is InChI=1S/C15H27N3O/c1-11-6-5-7-18(12(11)8-16)10-14-17-9-13(19-14)15(2,3)4/h9,11-12H,5-8,10,16H2,1-4H3. The summed E-state index contributed by atoms with van der Waals surface area (Å²) in [5, 5.41) is 0. The van der Waals surface area contributed by atoms with Gasteiger partial charge in [0.15, 0.2) is 0 Å². The lowest BCUT2D eigenvalue weighted by Crippen LogP contribution is -2.48. The lowest BCUT2D eigenvalue weighted by Gasteiger charge is -2.38. The zero-order chi connectivity index (χ0) is 14.0. The number of piperidine rings is 1. The van der Waals surface area contributed by atoms with Crippen molar-refractivity contribution in [1.82, 2.24) is 9.88 Å². The van der Waals surface area contributed by atoms with Gasteiger partial charge >= 0.3 is 0 Å². The van der Waals surface area contributed by atoms with Crippen molar-refractivity contribution in [2.45, 2.75) is 58.5 Å². The number of rotatable bonds is 3. The molecule has 4 nitrogen and oxygen atoms in total. The maximum Gasteiger partial charge on any atom is 0.208 e. The number of nitrogens with zero attached hydrogens (tertiary/aromatic N) is 2. The molecular weight excluding hydrogens is 238 g/mol. The van der Waals surface area contributed by atoms with Crippen molar-refractivity contribution in [3.05, 3.63) is 17.8 Å². The fourth-order valence-electron chi connectivity index (χ4n) is 2.82. The van der Waals surface area contributed by atoms with Crippen LogP contribution in [0.2, 0.25) is 0 Å². The van der Waals surface area contributed by atoms with Gasteiger partial charge < -0.3 is 10.2 Å². The van der Waals surface area contributed by atoms with Crippen molar-refractivity contribution in [3.8, 4) is 0 Å². The zero-order valence-electron chi connectivity index (χ0n) is 12.6. The highest BCUT2D eigenvalue weighted by molar-refractivity contribution is 5.06. The smallest absolute Gasteiger partial charge is 0.208 e. The Hall–Kier alpha value is -0.870. The summed E-state index contributed by atoms with van der Waals surface area (Å²) in [5.74, 6) is 2.44. The van der Waals surface area contributed by atoms with E-state index in [0.29, 0.717) is 18.5 Å². The van der Waals surface area contributed by atoms with E-state index in [4.69, 9.17) is 10.2 Å². The molecule has 0 aromatic carbocycles. The topological polar surface area (TPSA) is 55.3 Å². The van der Waals surface area contributed by atoms with Crippen molar-refractivity contribution in [1.29, 1.82) is 0 Å². The summed E-state index contributed by atoms with van der Waals surface area (Å²) in [6, 6.07) is 0.457. The molecule has 0 radical (unpaired) electrons. The number of hydrogen-bond donors (Lipinski definition) is 1. The molecule has 108 valence electrons. The van der Waals surface area contributed by atoms with Crippen LogP contribution in [0.3, 0.4) is 0 Å². The van der Waals surface area contributed by atoms with E-state index >= 15 is 0 Å². The number of oxazole rings is 1. The van der Waals surface area contributed by atoms with Crippen molar-refractivity contribution < 1.29 is 4.42 Å². The van der Waals surface area contributed by atoms with E-state index < -0.39 is 0 Å². The quantitative estimate of drug-likeness (QED) is 0.912. The van der Waals surface area contributed by atoms with Crippen LogP contribution in [-0.2, 0) is 12.0 Å². The van der Waals surface area contributed by atoms with Gasteiger partial charge in [-0.3, -0.25) is 4.90 Å². The van der Waals surface area contributed by atoms with Gasteiger partial charge in [0.2, 0.25) is 5.89 Å². The SMILES string of the molecule is CC1CCCN(Cc2ncc(C(C)(C)C)o2)C1CN. The molecule has 1 aromatic rings. The Morgan fingerprint density at radius 1 is 1.47 bits per heavy atom. The first-order valence-corrected chi connectivity index (χ1v) is 7.31. The molecule has 2 heterocycles. The predicted molar refractivity (Wildman–Crippen MR) is 76.9 cm³/mol. The molecule has 0 amide bonds. The summed E-state index contributed by atoms with van der Waals surface area (Å²) in [5.41, 5.74) is 5.94. The number of nitrogens with two attached hydrogens (primary N) is 1. The molecule has 2 N–H and O–H groups in total. The second-order valence-corrected chi connectivity index (χ2v) is 6.76. The van der Waals surface area contributed by atoms with Crippen molar-refractivity contribution in [3.63, 3.8) is 0 Å². The van der Waals surface area contributed by atoms with Gasteiger partial charge in [-0.1, -0.05) is 27.7 Å². The first-order chi connectivity index (χ1) is 8.91. The van der Waals surface area contributed by atoms with E-state index in [2.05, 4.69) is 37.6 Å². The molecule has 4 heteroatoms. The van der Waals surface area contributed by atoms with Crippen LogP contribution in [0, 0.1) is 5.92 Å². The first kappa shape index (κ1) is 14.5. The average Bonchev–Trinajstić information content (AvgIpc) is 2.77. The van der Waals surface area contributed by atoms with E-state index in [9.17, 15) is 0 Å². The Bertz CT molecular complexity index is 408. The molecule has 0 aliphatic carbocycles. The Kier molecular flexibility index (Phi) is 4.31. The van der Waals surface area contributed by atoms with Crippen LogP contribution in [0.15, 0.2) is 10.6 Å². The summed E-state index contributed by atoms with van der Waals surface area (Å²) in [6.07, 6.45) is 4.38. The second kappa shape index (κ2) is 5.63. The van der Waals surface area contributed by atoms with E-state index in [1.165, 1.54) is 12.8 Å². The van der Waals surface area contributed by atoms with Crippen LogP contribution in [0.1, 0.15) is 52.2 Å². The van der Waals surface area contributed by atoms with Crippen LogP contribution in [0.5, 0.6) is 0 Å². The minimum absolute atomic E-state index is 0.0215. The molecule has 1 aliphatic rings. The van der Waals surface area contributed by atoms with Gasteiger partial charge in [-0.25, -0.2) is 4.98 Å². The van der Waals surface area contributed by atoms with E-state index in [-0.39, 0.29) is 5.41 Å². The molecule has 1 aliphatic heterocycles. The molecule has 0 bridgehead atoms. The van der Waals surface area contributed by atoms with Crippen molar-refractivity contribution >= 4 is 0 Å². The fourth-order valence-corrected chi connectivity index (χ4v) is 2.82. The first-order valence-electron chi connectivity index (χ1n) is 7.31. The molecule has 0 spiro atoms. The lowest BCUT2D eigenvalue weighted by molar-refractivity contribution is 0.0889. The summed E-state index contributed by atoms with van der Waals surface area (Å²) in [6.45, 7) is 11.3. The molecule has 19 heavy (non-hydrogen) atoms. The van der Waals surface area contributed by atoms with Crippen LogP contribution in [-0.4, -0.2) is 29.0 Å². The molecule has 1 aromatic heterocycles. The molecule has 0 saturated carbocycles. The summed E-state index contributed by atoms with van der Waals surface area (Å²) in [4.78, 5) is 6.84. The second-order valence-electron chi connectivity index (χ2n) is 6.76. The highest BCUT2D eigenvalue weighted by Gasteiger charge is 2.28. The highest BCUT2D eigenvalue weighted by Crippen LogP contribution is 2.26. The van der Waals surface area contributed by atoms with Gasteiger partial charge in [-0.2, -0.15) is 0 Å². The maximum atomic E-state index is 5.92. The lowest BCUT2D eigenvalue weighted by atomic mass is 9.91. The minimum Gasteiger partial charge on any atom is -0.444 e. The summed E-state index contributed by atoms with van der Waals surface area (Å²) < 4.78 is 5.89. The van der Waals surface area contributed by atoms with Gasteiger partial charge in [0, 0.05) is 18.0 Å². The molecular formula is C15H27N3O. The molecule has 2 atom stereocenters. The Morgan fingerprint density at radius 2 is 2.21 bits per heavy atom. The van der Waals surface area contributed by atoms with Crippen molar-refractivity contribution in [2.75, 3.05) is 13.1 Å². The van der Waals surface area contributed by atoms with Crippen LogP contribution in [0.4, 0.5) is 0 Å². The summed E-state index contributed by atoms with van der Waals surface area (Å²) >= 11 is 0. The zero-order valence-corrected chi connectivity index (χ0v) is 12.6. The normalized spacial score (nSPS) is 25.7. The number of likely N-dealkylation sites (tertiary alicyclic amines) is 1. The largest absolute Gasteiger partial charge is 0.444 e. The molecule has 1 fully saturated rings. The maximum absolute atomic E-state index is 5.92. The van der Waals surface area contributed by atoms with Crippen LogP contribution >= 0.6 is 0 Å². The summed E-state index contributed by atoms with van der Waals surface area (Å²) in [7, 11) is 0. The van der Waals surface area contributed by atoms with Crippen molar-refractivity contribution in [2.24, 2.45) is 11.7 Å². The Labute approximate surface area is 116 Å². The van der Waals surface area contributed by atoms with Crippen LogP contribution in [0.25, 0.3) is 0 Å². The monoisotopic (exact) mass is 265 g/mol. The van der Waals surface area contributed by atoms with Gasteiger partial charge in [-0.05, 0) is 25.3 Å². The highest BCUT2D eigenvalue weighted by atomic mass is 16.4. The molecule has 1 saturated heterocycles. The predicted octanol–water partition coefficient (Wildman–Crippen LogP) is 2.53. The Balaban J connectivity index is 2.05. The van der Waals surface area contributed by atoms with Gasteiger partial charge in [0.05, 0.1) is 12.7 Å². The van der Waals surface area contributed by atoms with Gasteiger partial charge in [-0.15, -0.1) is 0 Å². The van der Waals surface area contributed by atoms with Gasteiger partial charge in [0.25, 0.3) is 0 Å². The fraction of sp³-hybridized carbons (Fsp3) is 0.800. The number of hydrogen-bond acceptors (Lipinski definition) is 4. The van der Waals surface area contributed by atoms with Crippen LogP contribution < -0.4 is 5.73 Å². The van der Waals surface area contributed by atoms with E-state index in [1.807, 2.05) is 6.20 Å².